The van der Waals surface area contributed by atoms with Crippen LogP contribution >= 0.6 is 23.1 Å². The van der Waals surface area contributed by atoms with E-state index >= 15 is 0 Å². The van der Waals surface area contributed by atoms with E-state index in [1.807, 2.05) is 27.7 Å². The van der Waals surface area contributed by atoms with Crippen molar-refractivity contribution in [1.82, 2.24) is 15.5 Å². The van der Waals surface area contributed by atoms with Gasteiger partial charge in [-0.3, -0.25) is 4.79 Å². The van der Waals surface area contributed by atoms with Gasteiger partial charge in [0.2, 0.25) is 5.91 Å². The maximum Gasteiger partial charge on any atom is 0.277 e. The molecule has 1 N–H and O–H groups in total. The van der Waals surface area contributed by atoms with E-state index in [-0.39, 0.29) is 16.7 Å². The highest BCUT2D eigenvalue weighted by molar-refractivity contribution is 8.00. The predicted molar refractivity (Wildman–Crippen MR) is 102 cm³/mol. The van der Waals surface area contributed by atoms with Crippen LogP contribution < -0.4 is 5.32 Å². The van der Waals surface area contributed by atoms with E-state index in [9.17, 15) is 4.79 Å². The Labute approximate surface area is 157 Å². The van der Waals surface area contributed by atoms with Gasteiger partial charge in [-0.2, -0.15) is 0 Å². The number of hydrogen-bond donors (Lipinski definition) is 1. The minimum absolute atomic E-state index is 0.0298. The van der Waals surface area contributed by atoms with Crippen molar-refractivity contribution < 1.29 is 9.21 Å². The van der Waals surface area contributed by atoms with Crippen LogP contribution in [0.25, 0.3) is 10.8 Å². The quantitative estimate of drug-likeness (QED) is 0.801. The van der Waals surface area contributed by atoms with Crippen molar-refractivity contribution >= 4 is 29.0 Å². The normalized spacial score (nSPS) is 18.7. The van der Waals surface area contributed by atoms with Gasteiger partial charge in [0.05, 0.1) is 10.1 Å². The molecule has 2 atom stereocenters. The van der Waals surface area contributed by atoms with Crippen LogP contribution in [0.15, 0.2) is 15.7 Å². The number of thioether (sulfide) groups is 1. The molecule has 0 unspecified atom stereocenters. The zero-order valence-corrected chi connectivity index (χ0v) is 17.0. The summed E-state index contributed by atoms with van der Waals surface area (Å²) >= 11 is 3.05. The van der Waals surface area contributed by atoms with Gasteiger partial charge in [-0.1, -0.05) is 18.7 Å². The van der Waals surface area contributed by atoms with E-state index in [1.54, 1.807) is 11.3 Å². The van der Waals surface area contributed by atoms with Crippen LogP contribution in [0.5, 0.6) is 0 Å². The van der Waals surface area contributed by atoms with E-state index < -0.39 is 0 Å². The highest BCUT2D eigenvalue weighted by Crippen LogP contribution is 2.37. The number of aryl methyl sites for hydroxylation is 1. The summed E-state index contributed by atoms with van der Waals surface area (Å²) in [5.74, 6) is 1.27. The van der Waals surface area contributed by atoms with E-state index in [2.05, 4.69) is 28.5 Å². The number of carbonyl (C=O) groups is 1. The minimum atomic E-state index is -0.287. The van der Waals surface area contributed by atoms with Crippen LogP contribution in [-0.2, 0) is 17.6 Å². The van der Waals surface area contributed by atoms with Gasteiger partial charge in [0.1, 0.15) is 0 Å². The maximum atomic E-state index is 12.2. The summed E-state index contributed by atoms with van der Waals surface area (Å²) < 4.78 is 5.80. The highest BCUT2D eigenvalue weighted by Gasteiger charge is 2.24. The van der Waals surface area contributed by atoms with Gasteiger partial charge >= 0.3 is 0 Å². The Balaban J connectivity index is 1.68. The van der Waals surface area contributed by atoms with Gasteiger partial charge in [-0.05, 0) is 64.5 Å². The molecule has 2 heterocycles. The molecule has 0 saturated carbocycles. The first-order valence-corrected chi connectivity index (χ1v) is 10.3. The molecule has 3 rings (SSSR count). The monoisotopic (exact) mass is 379 g/mol. The number of nitrogens with one attached hydrogen (secondary N) is 1. The number of hydrogen-bond acceptors (Lipinski definition) is 6. The molecule has 0 bridgehead atoms. The van der Waals surface area contributed by atoms with E-state index in [0.29, 0.717) is 11.1 Å². The Kier molecular flexibility index (Phi) is 5.25. The summed E-state index contributed by atoms with van der Waals surface area (Å²) in [5, 5.41) is 11.4. The highest BCUT2D eigenvalue weighted by atomic mass is 32.2. The first-order valence-electron chi connectivity index (χ1n) is 8.65. The van der Waals surface area contributed by atoms with Crippen LogP contribution in [-0.4, -0.2) is 26.9 Å². The molecule has 1 aliphatic carbocycles. The number of rotatable bonds is 4. The molecule has 1 aliphatic rings. The second-order valence-corrected chi connectivity index (χ2v) is 10.2. The van der Waals surface area contributed by atoms with Gasteiger partial charge in [0.25, 0.3) is 11.1 Å². The first-order chi connectivity index (χ1) is 11.7. The van der Waals surface area contributed by atoms with Crippen molar-refractivity contribution in [3.05, 3.63) is 16.5 Å². The summed E-state index contributed by atoms with van der Waals surface area (Å²) in [6.45, 7) is 10.0. The summed E-state index contributed by atoms with van der Waals surface area (Å²) in [5.41, 5.74) is 1.17. The van der Waals surface area contributed by atoms with Gasteiger partial charge in [0.15, 0.2) is 0 Å². The second kappa shape index (κ2) is 7.11. The van der Waals surface area contributed by atoms with Gasteiger partial charge < -0.3 is 9.73 Å². The fourth-order valence-corrected chi connectivity index (χ4v) is 4.66. The Hall–Kier alpha value is -1.34. The largest absolute Gasteiger partial charge is 0.410 e. The zero-order chi connectivity index (χ0) is 18.2. The van der Waals surface area contributed by atoms with Crippen molar-refractivity contribution in [1.29, 1.82) is 0 Å². The molecular formula is C18H25N3O2S2. The zero-order valence-electron chi connectivity index (χ0n) is 15.4. The third kappa shape index (κ3) is 4.64. The predicted octanol–water partition coefficient (Wildman–Crippen LogP) is 4.32. The number of amides is 1. The molecular weight excluding hydrogens is 354 g/mol. The lowest BCUT2D eigenvalue weighted by Crippen LogP contribution is -2.44. The Bertz CT molecular complexity index is 761. The molecule has 1 amide bonds. The van der Waals surface area contributed by atoms with E-state index in [0.717, 1.165) is 23.6 Å². The fraction of sp³-hybridized carbons (Fsp3) is 0.611. The van der Waals surface area contributed by atoms with Crippen molar-refractivity contribution in [3.8, 4) is 10.8 Å². The van der Waals surface area contributed by atoms with Crippen LogP contribution in [0, 0.1) is 5.92 Å². The van der Waals surface area contributed by atoms with Crippen molar-refractivity contribution in [2.45, 2.75) is 69.9 Å². The third-order valence-electron chi connectivity index (χ3n) is 4.09. The van der Waals surface area contributed by atoms with E-state index in [4.69, 9.17) is 4.42 Å². The number of carbonyl (C=O) groups excluding carboxylic acids is 1. The smallest absolute Gasteiger partial charge is 0.277 e. The average Bonchev–Trinajstić information content (AvgIpc) is 3.11. The summed E-state index contributed by atoms with van der Waals surface area (Å²) in [6, 6.07) is 2.19. The fourth-order valence-electron chi connectivity index (χ4n) is 2.84. The maximum absolute atomic E-state index is 12.2. The topological polar surface area (TPSA) is 68.0 Å². The molecule has 0 fully saturated rings. The molecule has 0 spiro atoms. The molecule has 0 aromatic carbocycles. The van der Waals surface area contributed by atoms with Crippen LogP contribution in [0.1, 0.15) is 51.5 Å². The molecule has 7 heteroatoms. The Morgan fingerprint density at radius 2 is 2.20 bits per heavy atom. The second-order valence-electron chi connectivity index (χ2n) is 7.78. The van der Waals surface area contributed by atoms with Crippen LogP contribution in [0.4, 0.5) is 0 Å². The Morgan fingerprint density at radius 3 is 2.92 bits per heavy atom. The van der Waals surface area contributed by atoms with Crippen LogP contribution in [0.3, 0.4) is 0 Å². The molecule has 136 valence electrons. The molecule has 0 aliphatic heterocycles. The molecule has 0 radical (unpaired) electrons. The summed E-state index contributed by atoms with van der Waals surface area (Å²) in [6.07, 6.45) is 3.52. The molecule has 2 aromatic heterocycles. The number of fused-ring (bicyclic) bond motifs is 1. The van der Waals surface area contributed by atoms with Crippen LogP contribution in [0.2, 0.25) is 0 Å². The lowest BCUT2D eigenvalue weighted by molar-refractivity contribution is -0.121. The summed E-state index contributed by atoms with van der Waals surface area (Å²) in [7, 11) is 0. The third-order valence-corrected chi connectivity index (χ3v) is 6.25. The Morgan fingerprint density at radius 1 is 1.44 bits per heavy atom. The number of aromatic nitrogens is 2. The minimum Gasteiger partial charge on any atom is -0.410 e. The lowest BCUT2D eigenvalue weighted by Gasteiger charge is -2.22. The average molecular weight is 380 g/mol. The molecule has 0 saturated heterocycles. The molecule has 25 heavy (non-hydrogen) atoms. The van der Waals surface area contributed by atoms with Gasteiger partial charge in [-0.15, -0.1) is 21.5 Å². The lowest BCUT2D eigenvalue weighted by atomic mass is 9.90. The van der Waals surface area contributed by atoms with Gasteiger partial charge in [-0.25, -0.2) is 0 Å². The summed E-state index contributed by atoms with van der Waals surface area (Å²) in [4.78, 5) is 14.7. The van der Waals surface area contributed by atoms with Crippen molar-refractivity contribution in [3.63, 3.8) is 0 Å². The first kappa shape index (κ1) is 18.5. The van der Waals surface area contributed by atoms with Crippen molar-refractivity contribution in [2.24, 2.45) is 5.92 Å². The van der Waals surface area contributed by atoms with Gasteiger partial charge in [0, 0.05) is 10.4 Å². The van der Waals surface area contributed by atoms with Crippen molar-refractivity contribution in [2.75, 3.05) is 0 Å². The molecule has 2 aromatic rings. The SMILES string of the molecule is C[C@H]1CCc2sc(-c3nnc(S[C@@H](C)C(=O)NC(C)(C)C)o3)cc2C1. The van der Waals surface area contributed by atoms with E-state index in [1.165, 1.54) is 28.6 Å². The molecule has 5 nitrogen and oxygen atoms in total. The number of thiophene rings is 1. The number of nitrogens with zero attached hydrogens (tertiary/aromatic N) is 2. The standard InChI is InChI=1S/C18H25N3O2S2/c1-10-6-7-13-12(8-10)9-14(25-13)16-20-21-17(23-16)24-11(2)15(22)19-18(3,4)5/h9-11H,6-8H2,1-5H3,(H,19,22)/t10-,11-/m0/s1.